The van der Waals surface area contributed by atoms with Crippen molar-refractivity contribution in [1.82, 2.24) is 0 Å². The highest BCUT2D eigenvalue weighted by molar-refractivity contribution is 5.87. The van der Waals surface area contributed by atoms with Crippen molar-refractivity contribution in [3.63, 3.8) is 0 Å². The number of benzene rings is 5. The lowest BCUT2D eigenvalue weighted by molar-refractivity contribution is 0.518. The molecule has 0 fully saturated rings. The van der Waals surface area contributed by atoms with Crippen LogP contribution in [0, 0.1) is 0 Å². The minimum atomic E-state index is -0.105. The quantitative estimate of drug-likeness (QED) is 0.229. The lowest BCUT2D eigenvalue weighted by Gasteiger charge is -2.44. The van der Waals surface area contributed by atoms with Crippen molar-refractivity contribution in [2.45, 2.75) is 57.8 Å². The van der Waals surface area contributed by atoms with E-state index in [1.807, 2.05) is 0 Å². The molecule has 0 amide bonds. The zero-order valence-electron chi connectivity index (χ0n) is 24.4. The van der Waals surface area contributed by atoms with Crippen LogP contribution in [0.1, 0.15) is 74.9 Å². The maximum atomic E-state index is 2.55. The van der Waals surface area contributed by atoms with Crippen LogP contribution in [-0.2, 0) is 16.2 Å². The van der Waals surface area contributed by atoms with Crippen LogP contribution in [0.4, 0.5) is 17.1 Å². The average molecular weight is 520 g/mol. The summed E-state index contributed by atoms with van der Waals surface area (Å²) in [5.41, 5.74) is 14.7. The normalized spacial score (nSPS) is 16.9. The van der Waals surface area contributed by atoms with E-state index in [0.717, 1.165) is 0 Å². The summed E-state index contributed by atoms with van der Waals surface area (Å²) in [5, 5.41) is 0. The second kappa shape index (κ2) is 8.45. The Kier molecular flexibility index (Phi) is 5.26. The topological polar surface area (TPSA) is 3.24 Å². The fraction of sp³-hybridized carbons (Fsp3) is 0.231. The average Bonchev–Trinajstić information content (AvgIpc) is 3.19. The van der Waals surface area contributed by atoms with Gasteiger partial charge in [-0.2, -0.15) is 0 Å². The highest BCUT2D eigenvalue weighted by atomic mass is 15.1. The molecule has 0 unspecified atom stereocenters. The Morgan fingerprint density at radius 1 is 0.350 bits per heavy atom. The Morgan fingerprint density at radius 3 is 1.35 bits per heavy atom. The number of nitrogens with zero attached hydrogens (tertiary/aromatic N) is 1. The largest absolute Gasteiger partial charge is 0.310 e. The molecule has 7 rings (SSSR count). The third-order valence-corrected chi connectivity index (χ3v) is 9.71. The summed E-state index contributed by atoms with van der Waals surface area (Å²) in [6.07, 6.45) is 0. The molecule has 5 aromatic carbocycles. The summed E-state index contributed by atoms with van der Waals surface area (Å²) in [4.78, 5) is 2.37. The molecular formula is C39H37N. The van der Waals surface area contributed by atoms with Crippen molar-refractivity contribution in [3.8, 4) is 11.1 Å². The fourth-order valence-electron chi connectivity index (χ4n) is 7.41. The molecule has 0 saturated heterocycles. The van der Waals surface area contributed by atoms with Gasteiger partial charge in [-0.3, -0.25) is 0 Å². The van der Waals surface area contributed by atoms with Gasteiger partial charge in [-0.05, 0) is 87.0 Å². The Labute approximate surface area is 239 Å². The molecule has 0 spiro atoms. The second-order valence-electron chi connectivity index (χ2n) is 13.1. The highest BCUT2D eigenvalue weighted by Gasteiger charge is 2.45. The maximum Gasteiger partial charge on any atom is 0.0465 e. The fourth-order valence-corrected chi connectivity index (χ4v) is 7.41. The molecule has 1 heteroatoms. The van der Waals surface area contributed by atoms with Crippen LogP contribution in [0.5, 0.6) is 0 Å². The molecule has 0 bridgehead atoms. The SMILES string of the molecule is CC1(C)c2cc(N(c3ccccc3)c3ccccc3)ccc2-c2cc3c(cc21)C(C)(C)c1ccccc1C3(C)C. The maximum absolute atomic E-state index is 2.55. The van der Waals surface area contributed by atoms with Crippen LogP contribution >= 0.6 is 0 Å². The molecule has 0 radical (unpaired) electrons. The van der Waals surface area contributed by atoms with Gasteiger partial charge in [-0.25, -0.2) is 0 Å². The van der Waals surface area contributed by atoms with Crippen LogP contribution in [-0.4, -0.2) is 0 Å². The van der Waals surface area contributed by atoms with Gasteiger partial charge in [0, 0.05) is 33.3 Å². The van der Waals surface area contributed by atoms with Gasteiger partial charge in [0.2, 0.25) is 0 Å². The van der Waals surface area contributed by atoms with Gasteiger partial charge in [0.1, 0.15) is 0 Å². The van der Waals surface area contributed by atoms with Crippen LogP contribution < -0.4 is 4.90 Å². The Balaban J connectivity index is 1.42. The molecule has 0 atom stereocenters. The van der Waals surface area contributed by atoms with Gasteiger partial charge in [-0.15, -0.1) is 0 Å². The van der Waals surface area contributed by atoms with Crippen molar-refractivity contribution in [1.29, 1.82) is 0 Å². The lowest BCUT2D eigenvalue weighted by atomic mass is 9.59. The van der Waals surface area contributed by atoms with Gasteiger partial charge in [0.15, 0.2) is 0 Å². The second-order valence-corrected chi connectivity index (χ2v) is 13.1. The van der Waals surface area contributed by atoms with Crippen molar-refractivity contribution in [2.24, 2.45) is 0 Å². The van der Waals surface area contributed by atoms with Crippen molar-refractivity contribution >= 4 is 17.1 Å². The van der Waals surface area contributed by atoms with Crippen molar-refractivity contribution in [2.75, 3.05) is 4.90 Å². The molecule has 0 aliphatic heterocycles. The van der Waals surface area contributed by atoms with E-state index < -0.39 is 0 Å². The molecule has 40 heavy (non-hydrogen) atoms. The molecule has 5 aromatic rings. The van der Waals surface area contributed by atoms with E-state index in [-0.39, 0.29) is 16.2 Å². The van der Waals surface area contributed by atoms with E-state index in [4.69, 9.17) is 0 Å². The predicted octanol–water partition coefficient (Wildman–Crippen LogP) is 10.4. The minimum absolute atomic E-state index is 0.0517. The third-order valence-electron chi connectivity index (χ3n) is 9.71. The number of anilines is 3. The molecule has 0 saturated carbocycles. The number of fused-ring (bicyclic) bond motifs is 5. The van der Waals surface area contributed by atoms with Crippen LogP contribution in [0.2, 0.25) is 0 Å². The third kappa shape index (κ3) is 3.40. The first-order chi connectivity index (χ1) is 19.1. The summed E-state index contributed by atoms with van der Waals surface area (Å²) in [5.74, 6) is 0. The van der Waals surface area contributed by atoms with E-state index in [1.54, 1.807) is 0 Å². The monoisotopic (exact) mass is 519 g/mol. The Morgan fingerprint density at radius 2 is 0.800 bits per heavy atom. The van der Waals surface area contributed by atoms with Crippen LogP contribution in [0.15, 0.2) is 115 Å². The highest BCUT2D eigenvalue weighted by Crippen LogP contribution is 2.56. The van der Waals surface area contributed by atoms with Gasteiger partial charge in [0.05, 0.1) is 0 Å². The standard InChI is InChI=1S/C39H37N/c1-37(2)31-19-13-14-20-32(31)38(3,4)36-25-34-30(24-35(36)37)29-22-21-28(23-33(29)39(34,5)6)40(26-15-9-7-10-16-26)27-17-11-8-12-18-27/h7-25H,1-6H3. The smallest absolute Gasteiger partial charge is 0.0465 e. The summed E-state index contributed by atoms with van der Waals surface area (Å²) >= 11 is 0. The minimum Gasteiger partial charge on any atom is -0.310 e. The van der Waals surface area contributed by atoms with Crippen molar-refractivity contribution < 1.29 is 0 Å². The lowest BCUT2D eigenvalue weighted by Crippen LogP contribution is -2.37. The zero-order chi connectivity index (χ0) is 27.9. The number of rotatable bonds is 3. The molecule has 2 aliphatic rings. The van der Waals surface area contributed by atoms with Gasteiger partial charge in [0.25, 0.3) is 0 Å². The first kappa shape index (κ1) is 24.9. The van der Waals surface area contributed by atoms with Gasteiger partial charge >= 0.3 is 0 Å². The van der Waals surface area contributed by atoms with E-state index >= 15 is 0 Å². The van der Waals surface area contributed by atoms with Gasteiger partial charge in [-0.1, -0.05) is 114 Å². The Hall–Kier alpha value is -4.10. The van der Waals surface area contributed by atoms with Crippen molar-refractivity contribution in [3.05, 3.63) is 149 Å². The molecule has 0 aromatic heterocycles. The van der Waals surface area contributed by atoms with Gasteiger partial charge < -0.3 is 4.90 Å². The predicted molar refractivity (Wildman–Crippen MR) is 169 cm³/mol. The van der Waals surface area contributed by atoms with E-state index in [0.29, 0.717) is 0 Å². The number of hydrogen-bond acceptors (Lipinski definition) is 1. The van der Waals surface area contributed by atoms with E-state index in [9.17, 15) is 0 Å². The molecule has 0 N–H and O–H groups in total. The van der Waals surface area contributed by atoms with E-state index in [2.05, 4.69) is 162 Å². The first-order valence-electron chi connectivity index (χ1n) is 14.5. The summed E-state index contributed by atoms with van der Waals surface area (Å²) in [6, 6.07) is 42.6. The number of para-hydroxylation sites is 2. The molecule has 2 aliphatic carbocycles. The summed E-state index contributed by atoms with van der Waals surface area (Å²) in [6.45, 7) is 14.4. The zero-order valence-corrected chi connectivity index (χ0v) is 24.4. The molecule has 198 valence electrons. The number of hydrogen-bond donors (Lipinski definition) is 0. The Bertz CT molecular complexity index is 1720. The summed E-state index contributed by atoms with van der Waals surface area (Å²) < 4.78 is 0. The molecule has 1 nitrogen and oxygen atoms in total. The van der Waals surface area contributed by atoms with Crippen LogP contribution in [0.25, 0.3) is 11.1 Å². The van der Waals surface area contributed by atoms with Crippen LogP contribution in [0.3, 0.4) is 0 Å². The summed E-state index contributed by atoms with van der Waals surface area (Å²) in [7, 11) is 0. The van der Waals surface area contributed by atoms with E-state index in [1.165, 1.54) is 61.6 Å². The first-order valence-corrected chi connectivity index (χ1v) is 14.5. The molecular weight excluding hydrogens is 482 g/mol. The molecule has 0 heterocycles.